The summed E-state index contributed by atoms with van der Waals surface area (Å²) in [6.07, 6.45) is 10.2. The Labute approximate surface area is 758 Å². The van der Waals surface area contributed by atoms with Crippen LogP contribution in [0, 0.1) is 74.4 Å². The molecule has 29 nitrogen and oxygen atoms in total. The molecular weight excluding hydrogens is 1710 g/mol. The highest BCUT2D eigenvalue weighted by Gasteiger charge is 2.36. The van der Waals surface area contributed by atoms with Crippen LogP contribution >= 0.6 is 11.6 Å². The highest BCUT2D eigenvalue weighted by atomic mass is 35.5. The van der Waals surface area contributed by atoms with E-state index in [4.69, 9.17) is 28.3 Å². The van der Waals surface area contributed by atoms with Gasteiger partial charge in [0.1, 0.15) is 35.9 Å². The first-order valence-corrected chi connectivity index (χ1v) is 41.6. The fourth-order valence-corrected chi connectivity index (χ4v) is 13.3. The van der Waals surface area contributed by atoms with Gasteiger partial charge in [0.2, 0.25) is 0 Å². The zero-order valence-corrected chi connectivity index (χ0v) is 72.3. The maximum Gasteiger partial charge on any atom is 0.261 e. The standard InChI is InChI=1S/C26H19FN6O2.C19H20FN5O.C19H18FN5.C18H17FN6.C15H8ClFN4/c1-15(14-33-25(34)19-6-2-3-7-20(19)26(33)35)30-24-21(27)12-17(13-28)23(32-24)31-18-8-9-22-16(11-18)5-4-10-29-22;1-3-11(2)23-19-15(20)10-14(17(21)26)18(25-19)24-13-6-7-16-12(9-13)5-4-8-22-16;1-3-12(2)23-19-16(20)10-14(11-21)18(25-19)24-15-6-7-17-13(9-15)5-4-8-22-17;1-11(9-20)23-18-15(19)8-13(10-21)17(25-18)24-14-4-5-16-12(7-14)3-2-6-22-16;16-14-12(17)7-10(8-18)15(21-14)20-11-3-4-13-9(6-11)2-1-5-19-13/h2-12,15H,14H2,1H3,(H2,30,31,32);4-11H,3H2,1-2H3,(H2,21,26)(H2,23,24,25);4-10,12H,3H2,1-2H3,(H2,23,24,25);2-8,11H,9,20H2,1H3,(H2,23,24,25);1-7H,(H,20,21)/t15-;11-;12-;11-;/m1111./s1. The minimum absolute atomic E-state index is 0.0107. The SMILES string of the molecule is CC[C@@H](C)Nc1nc(Nc2ccc3ncccc3c2)c(C#N)cc1F.CC[C@@H](C)Nc1nc(Nc2ccc3ncccc3c2)c(C(N)=O)cc1F.C[C@H](CN)Nc1nc(Nc2ccc3ncccc3c2)c(C#N)cc1F.C[C@H](CN1C(=O)c2ccccc2C1=O)Nc1nc(Nc2ccc3ncccc3c2)c(C#N)cc1F.N#Cc1cc(F)c(Cl)nc1Nc1ccc2ncccc2c1. The summed E-state index contributed by atoms with van der Waals surface area (Å²) < 4.78 is 70.6. The van der Waals surface area contributed by atoms with Crippen LogP contribution in [0.5, 0.6) is 0 Å². The Hall–Kier alpha value is -17.2. The highest BCUT2D eigenvalue weighted by Crippen LogP contribution is 2.34. The molecule has 17 rings (SSSR count). The number of fused-ring (bicyclic) bond motifs is 6. The summed E-state index contributed by atoms with van der Waals surface area (Å²) in [5.41, 5.74) is 19.8. The molecule has 35 heteroatoms. The van der Waals surface area contributed by atoms with Crippen LogP contribution in [-0.2, 0) is 0 Å². The quantitative estimate of drug-likeness (QED) is 0.0152. The van der Waals surface area contributed by atoms with Gasteiger partial charge in [0, 0.05) is 124 Å². The molecule has 0 unspecified atom stereocenters. The number of nitrogens with two attached hydrogens (primary N) is 2. The Bertz CT molecular complexity index is 7020. The van der Waals surface area contributed by atoms with Crippen molar-refractivity contribution in [2.75, 3.05) is 60.9 Å². The molecular formula is C97H82ClF5N26O3. The molecule has 16 aromatic rings. The fraction of sp³-hybridized carbons (Fsp3) is 0.144. The third-order valence-corrected chi connectivity index (χ3v) is 20.6. The lowest BCUT2D eigenvalue weighted by Crippen LogP contribution is -2.39. The molecule has 10 aromatic heterocycles. The second kappa shape index (κ2) is 42.9. The summed E-state index contributed by atoms with van der Waals surface area (Å²) in [5.74, 6) is -3.36. The molecule has 0 saturated heterocycles. The molecule has 6 aromatic carbocycles. The smallest absolute Gasteiger partial charge is 0.261 e. The number of rotatable bonds is 24. The minimum Gasteiger partial charge on any atom is -0.365 e. The van der Waals surface area contributed by atoms with Crippen LogP contribution in [0.2, 0.25) is 5.15 Å². The van der Waals surface area contributed by atoms with E-state index >= 15 is 0 Å². The van der Waals surface area contributed by atoms with Crippen LogP contribution in [0.25, 0.3) is 54.5 Å². The number of primary amides is 1. The second-order valence-electron chi connectivity index (χ2n) is 30.0. The number of hydrogen-bond acceptors (Lipinski definition) is 27. The third-order valence-electron chi connectivity index (χ3n) is 20.4. The van der Waals surface area contributed by atoms with E-state index in [1.165, 1.54) is 6.07 Å². The Balaban J connectivity index is 0.000000142. The topological polar surface area (TPSA) is 439 Å². The molecule has 132 heavy (non-hydrogen) atoms. The number of aromatic nitrogens is 10. The number of amides is 3. The number of nitrogens with one attached hydrogen (secondary N) is 9. The van der Waals surface area contributed by atoms with Crippen molar-refractivity contribution in [2.24, 2.45) is 11.5 Å². The second-order valence-corrected chi connectivity index (χ2v) is 30.4. The molecule has 660 valence electrons. The van der Waals surface area contributed by atoms with Crippen molar-refractivity contribution < 1.29 is 36.3 Å². The van der Waals surface area contributed by atoms with Crippen molar-refractivity contribution in [3.63, 3.8) is 0 Å². The van der Waals surface area contributed by atoms with Crippen LogP contribution in [0.15, 0.2) is 237 Å². The van der Waals surface area contributed by atoms with Gasteiger partial charge in [-0.3, -0.25) is 44.2 Å². The Morgan fingerprint density at radius 3 is 0.955 bits per heavy atom. The predicted molar refractivity (Wildman–Crippen MR) is 502 cm³/mol. The number of pyridine rings is 10. The molecule has 0 radical (unpaired) electrons. The molecule has 13 N–H and O–H groups in total. The Kier molecular flexibility index (Phi) is 30.0. The van der Waals surface area contributed by atoms with Crippen LogP contribution in [0.1, 0.15) is 108 Å². The van der Waals surface area contributed by atoms with E-state index in [0.29, 0.717) is 40.6 Å². The molecule has 0 bridgehead atoms. The van der Waals surface area contributed by atoms with Gasteiger partial charge in [-0.25, -0.2) is 46.9 Å². The summed E-state index contributed by atoms with van der Waals surface area (Å²) in [5, 5.41) is 68.6. The fourth-order valence-electron chi connectivity index (χ4n) is 13.2. The number of nitrogens with zero attached hydrogens (tertiary/aromatic N) is 15. The maximum absolute atomic E-state index is 14.7. The van der Waals surface area contributed by atoms with Crippen molar-refractivity contribution in [3.8, 4) is 24.3 Å². The first-order valence-electron chi connectivity index (χ1n) is 41.2. The van der Waals surface area contributed by atoms with Gasteiger partial charge >= 0.3 is 0 Å². The number of anilines is 14. The molecule has 4 atom stereocenters. The van der Waals surface area contributed by atoms with Crippen LogP contribution in [-0.4, -0.2) is 110 Å². The van der Waals surface area contributed by atoms with Crippen molar-refractivity contribution in [2.45, 2.75) is 78.6 Å². The van der Waals surface area contributed by atoms with E-state index in [-0.39, 0.29) is 116 Å². The van der Waals surface area contributed by atoms with Crippen LogP contribution in [0.4, 0.5) is 103 Å². The molecule has 3 amide bonds. The number of nitriles is 4. The summed E-state index contributed by atoms with van der Waals surface area (Å²) >= 11 is 5.66. The highest BCUT2D eigenvalue weighted by molar-refractivity contribution is 6.29. The zero-order valence-electron chi connectivity index (χ0n) is 71.5. The first-order chi connectivity index (χ1) is 63.8. The van der Waals surface area contributed by atoms with Crippen molar-refractivity contribution in [3.05, 3.63) is 310 Å². The van der Waals surface area contributed by atoms with Gasteiger partial charge < -0.3 is 59.3 Å². The number of benzene rings is 6. The normalized spacial score (nSPS) is 12.0. The van der Waals surface area contributed by atoms with Gasteiger partial charge in [-0.15, -0.1) is 0 Å². The number of hydrogen-bond donors (Lipinski definition) is 11. The maximum atomic E-state index is 14.7. The van der Waals surface area contributed by atoms with E-state index in [1.807, 2.05) is 198 Å². The summed E-state index contributed by atoms with van der Waals surface area (Å²) in [6, 6.07) is 66.1. The summed E-state index contributed by atoms with van der Waals surface area (Å²) in [4.78, 5) is 80.3. The van der Waals surface area contributed by atoms with Gasteiger partial charge in [-0.05, 0) is 204 Å². The number of carbonyl (C=O) groups is 3. The number of imide groups is 1. The molecule has 0 fully saturated rings. The third kappa shape index (κ3) is 23.0. The molecule has 11 heterocycles. The molecule has 1 aliphatic heterocycles. The van der Waals surface area contributed by atoms with Gasteiger partial charge in [0.15, 0.2) is 75.0 Å². The van der Waals surface area contributed by atoms with Gasteiger partial charge in [0.25, 0.3) is 17.7 Å². The van der Waals surface area contributed by atoms with Crippen molar-refractivity contribution >= 4 is 165 Å². The van der Waals surface area contributed by atoms with E-state index in [2.05, 4.69) is 97.7 Å². The molecule has 0 spiro atoms. The van der Waals surface area contributed by atoms with Gasteiger partial charge in [-0.2, -0.15) is 21.0 Å². The number of halogens is 6. The molecule has 0 aliphatic carbocycles. The van der Waals surface area contributed by atoms with Gasteiger partial charge in [-0.1, -0.05) is 67.9 Å². The lowest BCUT2D eigenvalue weighted by molar-refractivity contribution is 0.0649. The van der Waals surface area contributed by atoms with Crippen LogP contribution in [0.3, 0.4) is 0 Å². The predicted octanol–water partition coefficient (Wildman–Crippen LogP) is 20.1. The average molecular weight is 1790 g/mol. The summed E-state index contributed by atoms with van der Waals surface area (Å²) in [6.45, 7) is 11.7. The monoisotopic (exact) mass is 1790 g/mol. The zero-order chi connectivity index (χ0) is 93.6. The van der Waals surface area contributed by atoms with Crippen molar-refractivity contribution in [1.82, 2.24) is 54.7 Å². The van der Waals surface area contributed by atoms with Crippen LogP contribution < -0.4 is 59.3 Å². The summed E-state index contributed by atoms with van der Waals surface area (Å²) in [7, 11) is 0. The largest absolute Gasteiger partial charge is 0.365 e. The molecule has 0 saturated carbocycles. The van der Waals surface area contributed by atoms with E-state index < -0.39 is 41.0 Å². The van der Waals surface area contributed by atoms with E-state index in [0.717, 1.165) is 108 Å². The van der Waals surface area contributed by atoms with Crippen molar-refractivity contribution in [1.29, 1.82) is 21.0 Å². The van der Waals surface area contributed by atoms with E-state index in [9.17, 15) is 52.1 Å². The van der Waals surface area contributed by atoms with E-state index in [1.54, 1.807) is 74.3 Å². The average Bonchev–Trinajstić information content (AvgIpc) is 1.63. The lowest BCUT2D eigenvalue weighted by Gasteiger charge is -2.21. The minimum atomic E-state index is -0.753. The first kappa shape index (κ1) is 92.5. The Morgan fingerprint density at radius 2 is 0.652 bits per heavy atom. The lowest BCUT2D eigenvalue weighted by atomic mass is 10.1. The molecule has 1 aliphatic rings. The Morgan fingerprint density at radius 1 is 0.371 bits per heavy atom. The van der Waals surface area contributed by atoms with Gasteiger partial charge in [0.05, 0.1) is 66.5 Å². The number of carbonyl (C=O) groups excluding carboxylic acids is 3.